The number of carbonyl (C=O) groups excluding carboxylic acids is 1. The second kappa shape index (κ2) is 11.1. The van der Waals surface area contributed by atoms with Gasteiger partial charge in [-0.05, 0) is 49.5 Å². The monoisotopic (exact) mass is 476 g/mol. The van der Waals surface area contributed by atoms with E-state index < -0.39 is 11.6 Å². The van der Waals surface area contributed by atoms with Crippen LogP contribution in [0.25, 0.3) is 0 Å². The third-order valence-corrected chi connectivity index (χ3v) is 5.79. The second-order valence-corrected chi connectivity index (χ2v) is 8.31. The maximum absolute atomic E-state index is 13.9. The van der Waals surface area contributed by atoms with Gasteiger partial charge < -0.3 is 15.0 Å². The molecule has 0 unspecified atom stereocenters. The van der Waals surface area contributed by atoms with E-state index in [9.17, 15) is 13.6 Å². The number of nitrogens with zero attached hydrogens (tertiary/aromatic N) is 3. The Bertz CT molecular complexity index is 1260. The molecule has 4 rings (SSSR count). The molecule has 1 fully saturated rings. The van der Waals surface area contributed by atoms with Gasteiger partial charge in [0.1, 0.15) is 23.2 Å². The van der Waals surface area contributed by atoms with E-state index in [1.807, 2.05) is 6.07 Å². The highest BCUT2D eigenvalue weighted by Gasteiger charge is 2.16. The van der Waals surface area contributed by atoms with Crippen molar-refractivity contribution in [1.82, 2.24) is 14.8 Å². The summed E-state index contributed by atoms with van der Waals surface area (Å²) >= 11 is 0. The molecule has 6 nitrogen and oxygen atoms in total. The Balaban J connectivity index is 1.47. The lowest BCUT2D eigenvalue weighted by Crippen LogP contribution is -2.44. The average Bonchev–Trinajstić information content (AvgIpc) is 2.87. The number of nitrogens with one attached hydrogen (secondary N) is 1. The predicted octanol–water partition coefficient (Wildman–Crippen LogP) is 3.94. The number of pyridine rings is 1. The van der Waals surface area contributed by atoms with Crippen LogP contribution in [-0.2, 0) is 0 Å². The number of likely N-dealkylation sites (N-methyl/N-ethyl adjacent to an activating group) is 1. The van der Waals surface area contributed by atoms with E-state index in [1.165, 1.54) is 19.4 Å². The lowest BCUT2D eigenvalue weighted by molar-refractivity contribution is 0.103. The van der Waals surface area contributed by atoms with Gasteiger partial charge in [-0.2, -0.15) is 0 Å². The molecule has 0 amide bonds. The first-order valence-corrected chi connectivity index (χ1v) is 11.2. The fraction of sp³-hybridized carbons (Fsp3) is 0.259. The van der Waals surface area contributed by atoms with Crippen molar-refractivity contribution in [3.8, 4) is 17.6 Å². The Hall–Kier alpha value is -3.80. The molecule has 0 radical (unpaired) electrons. The van der Waals surface area contributed by atoms with Crippen molar-refractivity contribution in [1.29, 1.82) is 0 Å². The summed E-state index contributed by atoms with van der Waals surface area (Å²) in [5.74, 6) is 5.44. The number of rotatable bonds is 6. The summed E-state index contributed by atoms with van der Waals surface area (Å²) < 4.78 is 32.4. The predicted molar refractivity (Wildman–Crippen MR) is 131 cm³/mol. The highest BCUT2D eigenvalue weighted by Crippen LogP contribution is 2.24. The van der Waals surface area contributed by atoms with Gasteiger partial charge in [-0.25, -0.2) is 13.8 Å². The third kappa shape index (κ3) is 6.21. The molecule has 35 heavy (non-hydrogen) atoms. The second-order valence-electron chi connectivity index (χ2n) is 8.31. The van der Waals surface area contributed by atoms with Crippen molar-refractivity contribution in [3.63, 3.8) is 0 Å². The molecule has 1 aliphatic heterocycles. The molecular weight excluding hydrogens is 450 g/mol. The summed E-state index contributed by atoms with van der Waals surface area (Å²) in [6.45, 7) is 4.72. The van der Waals surface area contributed by atoms with E-state index in [1.54, 1.807) is 24.3 Å². The molecule has 1 aliphatic rings. The Morgan fingerprint density at radius 3 is 2.57 bits per heavy atom. The molecule has 0 bridgehead atoms. The molecule has 180 valence electrons. The van der Waals surface area contributed by atoms with Gasteiger partial charge in [0.25, 0.3) is 0 Å². The highest BCUT2D eigenvalue weighted by molar-refractivity contribution is 6.10. The van der Waals surface area contributed by atoms with E-state index in [-0.39, 0.29) is 11.5 Å². The minimum atomic E-state index is -0.734. The van der Waals surface area contributed by atoms with Crippen molar-refractivity contribution in [2.75, 3.05) is 52.2 Å². The number of halogens is 2. The van der Waals surface area contributed by atoms with Gasteiger partial charge >= 0.3 is 0 Å². The first-order chi connectivity index (χ1) is 16.9. The summed E-state index contributed by atoms with van der Waals surface area (Å²) in [6.07, 6.45) is 1.40. The van der Waals surface area contributed by atoms with Gasteiger partial charge in [0.15, 0.2) is 5.78 Å². The topological polar surface area (TPSA) is 57.7 Å². The van der Waals surface area contributed by atoms with Gasteiger partial charge in [-0.15, -0.1) is 0 Å². The van der Waals surface area contributed by atoms with Gasteiger partial charge in [-0.3, -0.25) is 9.69 Å². The number of ether oxygens (including phenoxy) is 1. The molecule has 2 heterocycles. The number of hydrogen-bond donors (Lipinski definition) is 1. The Morgan fingerprint density at radius 1 is 1.09 bits per heavy atom. The van der Waals surface area contributed by atoms with Crippen LogP contribution < -0.4 is 10.1 Å². The smallest absolute Gasteiger partial charge is 0.198 e. The molecule has 0 aliphatic carbocycles. The lowest BCUT2D eigenvalue weighted by atomic mass is 10.0. The molecule has 3 aromatic rings. The van der Waals surface area contributed by atoms with E-state index in [0.29, 0.717) is 29.2 Å². The quantitative estimate of drug-likeness (QED) is 0.430. The molecule has 2 aromatic carbocycles. The average molecular weight is 477 g/mol. The van der Waals surface area contributed by atoms with Crippen LogP contribution in [0.4, 0.5) is 20.3 Å². The van der Waals surface area contributed by atoms with Crippen LogP contribution in [0.1, 0.15) is 21.5 Å². The van der Waals surface area contributed by atoms with Crippen molar-refractivity contribution in [3.05, 3.63) is 83.1 Å². The number of piperazine rings is 1. The minimum absolute atomic E-state index is 0.0856. The van der Waals surface area contributed by atoms with Gasteiger partial charge in [0.2, 0.25) is 0 Å². The molecule has 0 spiro atoms. The number of carbonyl (C=O) groups is 1. The van der Waals surface area contributed by atoms with Gasteiger partial charge in [0, 0.05) is 49.6 Å². The summed E-state index contributed by atoms with van der Waals surface area (Å²) in [4.78, 5) is 22.0. The minimum Gasteiger partial charge on any atom is -0.496 e. The van der Waals surface area contributed by atoms with Crippen LogP contribution in [0.5, 0.6) is 5.75 Å². The van der Waals surface area contributed by atoms with Crippen LogP contribution in [0.3, 0.4) is 0 Å². The van der Waals surface area contributed by atoms with E-state index >= 15 is 0 Å². The zero-order valence-electron chi connectivity index (χ0n) is 19.6. The van der Waals surface area contributed by atoms with E-state index in [4.69, 9.17) is 4.74 Å². The number of benzene rings is 2. The standard InChI is InChI=1S/C27H26F2N4O2/c1-32-12-14-33(15-13-32)11-3-4-19-5-9-25(35-2)22(16-19)27(34)20-6-10-26(30-18-20)31-24-8-7-21(28)17-23(24)29/h5-10,16-18H,11-15H2,1-2H3,(H,30,31). The van der Waals surface area contributed by atoms with Crippen molar-refractivity contribution >= 4 is 17.3 Å². The van der Waals surface area contributed by atoms with Crippen molar-refractivity contribution in [2.45, 2.75) is 0 Å². The lowest BCUT2D eigenvalue weighted by Gasteiger charge is -2.30. The summed E-state index contributed by atoms with van der Waals surface area (Å²) in [5.41, 5.74) is 1.53. The fourth-order valence-corrected chi connectivity index (χ4v) is 3.71. The summed E-state index contributed by atoms with van der Waals surface area (Å²) in [5, 5.41) is 2.78. The molecule has 1 saturated heterocycles. The molecule has 0 saturated carbocycles. The SMILES string of the molecule is COc1ccc(C#CCN2CCN(C)CC2)cc1C(=O)c1ccc(Nc2ccc(F)cc2F)nc1. The van der Waals surface area contributed by atoms with Crippen LogP contribution in [-0.4, -0.2) is 67.4 Å². The van der Waals surface area contributed by atoms with Crippen molar-refractivity contribution in [2.24, 2.45) is 0 Å². The van der Waals surface area contributed by atoms with Crippen LogP contribution in [0.2, 0.25) is 0 Å². The summed E-state index contributed by atoms with van der Waals surface area (Å²) in [6, 6.07) is 11.6. The van der Waals surface area contributed by atoms with E-state index in [2.05, 4.69) is 39.0 Å². The first kappa shape index (κ1) is 24.3. The van der Waals surface area contributed by atoms with Gasteiger partial charge in [-0.1, -0.05) is 11.8 Å². The molecule has 1 aromatic heterocycles. The zero-order valence-corrected chi connectivity index (χ0v) is 19.6. The van der Waals surface area contributed by atoms with Crippen LogP contribution >= 0.6 is 0 Å². The highest BCUT2D eigenvalue weighted by atomic mass is 19.1. The number of aromatic nitrogens is 1. The summed E-state index contributed by atoms with van der Waals surface area (Å²) in [7, 11) is 3.62. The third-order valence-electron chi connectivity index (χ3n) is 5.79. The molecular formula is C27H26F2N4O2. The normalized spacial score (nSPS) is 14.2. The largest absolute Gasteiger partial charge is 0.496 e. The first-order valence-electron chi connectivity index (χ1n) is 11.2. The fourth-order valence-electron chi connectivity index (χ4n) is 3.71. The molecule has 1 N–H and O–H groups in total. The van der Waals surface area contributed by atoms with Crippen LogP contribution in [0.15, 0.2) is 54.7 Å². The van der Waals surface area contributed by atoms with Crippen LogP contribution in [0, 0.1) is 23.5 Å². The molecule has 0 atom stereocenters. The number of methoxy groups -OCH3 is 1. The number of anilines is 2. The maximum Gasteiger partial charge on any atom is 0.198 e. The Kier molecular flexibility index (Phi) is 7.70. The Labute approximate surface area is 203 Å². The van der Waals surface area contributed by atoms with E-state index in [0.717, 1.165) is 43.9 Å². The zero-order chi connectivity index (χ0) is 24.8. The maximum atomic E-state index is 13.9. The number of hydrogen-bond acceptors (Lipinski definition) is 6. The van der Waals surface area contributed by atoms with Gasteiger partial charge in [0.05, 0.1) is 24.9 Å². The number of ketones is 1. The van der Waals surface area contributed by atoms with Crippen molar-refractivity contribution < 1.29 is 18.3 Å². The molecule has 8 heteroatoms. The Morgan fingerprint density at radius 2 is 1.89 bits per heavy atom.